The van der Waals surface area contributed by atoms with Crippen LogP contribution in [0.1, 0.15) is 16.8 Å². The SMILES string of the molecule is COC(=O)CC1CN(C(=O)c2cc(Br)ccc2N)CCO1. The van der Waals surface area contributed by atoms with Crippen LogP contribution < -0.4 is 5.73 Å². The highest BCUT2D eigenvalue weighted by Crippen LogP contribution is 2.21. The van der Waals surface area contributed by atoms with Crippen LogP contribution in [0.2, 0.25) is 0 Å². The van der Waals surface area contributed by atoms with Crippen LogP contribution in [0.4, 0.5) is 5.69 Å². The molecule has 21 heavy (non-hydrogen) atoms. The largest absolute Gasteiger partial charge is 0.469 e. The Labute approximate surface area is 131 Å². The first-order valence-electron chi connectivity index (χ1n) is 6.54. The number of ether oxygens (including phenoxy) is 2. The molecule has 0 radical (unpaired) electrons. The van der Waals surface area contributed by atoms with Crippen LogP contribution >= 0.6 is 15.9 Å². The van der Waals surface area contributed by atoms with Gasteiger partial charge in [-0.05, 0) is 18.2 Å². The molecule has 1 atom stereocenters. The van der Waals surface area contributed by atoms with Crippen molar-refractivity contribution in [3.05, 3.63) is 28.2 Å². The Morgan fingerprint density at radius 2 is 2.29 bits per heavy atom. The summed E-state index contributed by atoms with van der Waals surface area (Å²) in [4.78, 5) is 25.5. The van der Waals surface area contributed by atoms with Crippen LogP contribution in [-0.2, 0) is 14.3 Å². The van der Waals surface area contributed by atoms with Crippen LogP contribution in [0.15, 0.2) is 22.7 Å². The number of nitrogen functional groups attached to an aromatic ring is 1. The van der Waals surface area contributed by atoms with Gasteiger partial charge in [0.1, 0.15) is 0 Å². The van der Waals surface area contributed by atoms with Gasteiger partial charge < -0.3 is 20.1 Å². The number of halogens is 1. The summed E-state index contributed by atoms with van der Waals surface area (Å²) in [7, 11) is 1.33. The van der Waals surface area contributed by atoms with Crippen molar-refractivity contribution >= 4 is 33.5 Å². The van der Waals surface area contributed by atoms with Crippen molar-refractivity contribution in [2.24, 2.45) is 0 Å². The minimum Gasteiger partial charge on any atom is -0.469 e. The Morgan fingerprint density at radius 1 is 1.52 bits per heavy atom. The second-order valence-corrected chi connectivity index (χ2v) is 5.67. The van der Waals surface area contributed by atoms with E-state index in [0.717, 1.165) is 4.47 Å². The number of nitrogens with zero attached hydrogens (tertiary/aromatic N) is 1. The van der Waals surface area contributed by atoms with Gasteiger partial charge in [-0.1, -0.05) is 15.9 Å². The van der Waals surface area contributed by atoms with E-state index in [1.807, 2.05) is 0 Å². The van der Waals surface area contributed by atoms with Gasteiger partial charge in [0.2, 0.25) is 0 Å². The Morgan fingerprint density at radius 3 is 3.00 bits per heavy atom. The van der Waals surface area contributed by atoms with Crippen LogP contribution in [0.3, 0.4) is 0 Å². The average Bonchev–Trinajstić information content (AvgIpc) is 2.49. The number of morpholine rings is 1. The molecular formula is C14H17BrN2O4. The number of benzene rings is 1. The molecule has 0 spiro atoms. The monoisotopic (exact) mass is 356 g/mol. The van der Waals surface area contributed by atoms with E-state index in [1.165, 1.54) is 7.11 Å². The molecule has 1 fully saturated rings. The minimum atomic E-state index is -0.351. The van der Waals surface area contributed by atoms with E-state index in [-0.39, 0.29) is 24.4 Å². The summed E-state index contributed by atoms with van der Waals surface area (Å²) < 4.78 is 10.9. The van der Waals surface area contributed by atoms with Crippen molar-refractivity contribution in [1.29, 1.82) is 0 Å². The molecule has 1 amide bonds. The van der Waals surface area contributed by atoms with Crippen molar-refractivity contribution in [2.45, 2.75) is 12.5 Å². The molecule has 1 saturated heterocycles. The van der Waals surface area contributed by atoms with Crippen molar-refractivity contribution in [3.63, 3.8) is 0 Å². The highest BCUT2D eigenvalue weighted by Gasteiger charge is 2.27. The number of amides is 1. The predicted molar refractivity (Wildman–Crippen MR) is 80.8 cm³/mol. The van der Waals surface area contributed by atoms with Crippen molar-refractivity contribution in [3.8, 4) is 0 Å². The molecule has 1 heterocycles. The Bertz CT molecular complexity index is 550. The number of hydrogen-bond acceptors (Lipinski definition) is 5. The van der Waals surface area contributed by atoms with Gasteiger partial charge >= 0.3 is 5.97 Å². The Kier molecular flexibility index (Phi) is 5.19. The summed E-state index contributed by atoms with van der Waals surface area (Å²) in [5.41, 5.74) is 6.74. The molecule has 114 valence electrons. The second kappa shape index (κ2) is 6.91. The molecule has 1 aliphatic heterocycles. The van der Waals surface area contributed by atoms with E-state index >= 15 is 0 Å². The number of anilines is 1. The second-order valence-electron chi connectivity index (χ2n) is 4.76. The van der Waals surface area contributed by atoms with Crippen LogP contribution in [0.5, 0.6) is 0 Å². The van der Waals surface area contributed by atoms with E-state index < -0.39 is 0 Å². The molecule has 0 saturated carbocycles. The summed E-state index contributed by atoms with van der Waals surface area (Å²) in [6, 6.07) is 5.16. The number of methoxy groups -OCH3 is 1. The first kappa shape index (κ1) is 15.8. The number of nitrogens with two attached hydrogens (primary N) is 1. The molecule has 1 aromatic carbocycles. The number of rotatable bonds is 3. The van der Waals surface area contributed by atoms with Gasteiger partial charge in [-0.15, -0.1) is 0 Å². The summed E-state index contributed by atoms with van der Waals surface area (Å²) in [5, 5.41) is 0. The number of carbonyl (C=O) groups excluding carboxylic acids is 2. The zero-order chi connectivity index (χ0) is 15.4. The van der Waals surface area contributed by atoms with E-state index in [1.54, 1.807) is 23.1 Å². The third-order valence-corrected chi connectivity index (χ3v) is 3.79. The number of hydrogen-bond donors (Lipinski definition) is 1. The maximum atomic E-state index is 12.5. The summed E-state index contributed by atoms with van der Waals surface area (Å²) in [6.07, 6.45) is -0.211. The zero-order valence-corrected chi connectivity index (χ0v) is 13.3. The van der Waals surface area contributed by atoms with Gasteiger partial charge in [-0.2, -0.15) is 0 Å². The molecule has 0 bridgehead atoms. The van der Waals surface area contributed by atoms with E-state index in [9.17, 15) is 9.59 Å². The van der Waals surface area contributed by atoms with Crippen molar-refractivity contribution in [1.82, 2.24) is 4.90 Å². The number of carbonyl (C=O) groups is 2. The van der Waals surface area contributed by atoms with Crippen molar-refractivity contribution in [2.75, 3.05) is 32.5 Å². The first-order valence-corrected chi connectivity index (χ1v) is 7.33. The molecule has 1 aromatic rings. The van der Waals surface area contributed by atoms with E-state index in [4.69, 9.17) is 10.5 Å². The van der Waals surface area contributed by atoms with Gasteiger partial charge in [0.25, 0.3) is 5.91 Å². The Hall–Kier alpha value is -1.60. The third kappa shape index (κ3) is 3.95. The summed E-state index contributed by atoms with van der Waals surface area (Å²) in [5.74, 6) is -0.511. The van der Waals surface area contributed by atoms with Gasteiger partial charge in [0.05, 0.1) is 31.8 Å². The molecule has 7 heteroatoms. The third-order valence-electron chi connectivity index (χ3n) is 3.29. The lowest BCUT2D eigenvalue weighted by Gasteiger charge is -2.32. The normalized spacial score (nSPS) is 18.4. The predicted octanol–water partition coefficient (Wildman–Crippen LogP) is 1.44. The fraction of sp³-hybridized carbons (Fsp3) is 0.429. The fourth-order valence-electron chi connectivity index (χ4n) is 2.18. The molecule has 6 nitrogen and oxygen atoms in total. The summed E-state index contributed by atoms with van der Waals surface area (Å²) in [6.45, 7) is 1.21. The highest BCUT2D eigenvalue weighted by molar-refractivity contribution is 9.10. The minimum absolute atomic E-state index is 0.133. The van der Waals surface area contributed by atoms with Gasteiger partial charge in [0, 0.05) is 23.2 Å². The van der Waals surface area contributed by atoms with Crippen LogP contribution in [0, 0.1) is 0 Å². The fourth-order valence-corrected chi connectivity index (χ4v) is 2.54. The van der Waals surface area contributed by atoms with Gasteiger partial charge in [-0.25, -0.2) is 0 Å². The lowest BCUT2D eigenvalue weighted by atomic mass is 10.1. The lowest BCUT2D eigenvalue weighted by Crippen LogP contribution is -2.46. The molecule has 0 aromatic heterocycles. The first-order chi connectivity index (χ1) is 10.0. The molecule has 0 aliphatic carbocycles. The Balaban J connectivity index is 2.08. The number of esters is 1. The van der Waals surface area contributed by atoms with Gasteiger partial charge in [-0.3, -0.25) is 9.59 Å². The topological polar surface area (TPSA) is 81.9 Å². The lowest BCUT2D eigenvalue weighted by molar-refractivity contribution is -0.145. The maximum absolute atomic E-state index is 12.5. The quantitative estimate of drug-likeness (QED) is 0.654. The maximum Gasteiger partial charge on any atom is 0.308 e. The van der Waals surface area contributed by atoms with Crippen LogP contribution in [-0.4, -0.2) is 49.7 Å². The molecule has 2 N–H and O–H groups in total. The molecule has 1 unspecified atom stereocenters. The van der Waals surface area contributed by atoms with Crippen LogP contribution in [0.25, 0.3) is 0 Å². The molecule has 2 rings (SSSR count). The molecule has 1 aliphatic rings. The molecular weight excluding hydrogens is 340 g/mol. The smallest absolute Gasteiger partial charge is 0.308 e. The van der Waals surface area contributed by atoms with Gasteiger partial charge in [0.15, 0.2) is 0 Å². The van der Waals surface area contributed by atoms with Crippen molar-refractivity contribution < 1.29 is 19.1 Å². The average molecular weight is 357 g/mol. The summed E-state index contributed by atoms with van der Waals surface area (Å²) >= 11 is 3.33. The van der Waals surface area contributed by atoms with E-state index in [0.29, 0.717) is 30.9 Å². The van der Waals surface area contributed by atoms with E-state index in [2.05, 4.69) is 20.7 Å². The standard InChI is InChI=1S/C14H17BrN2O4/c1-20-13(18)7-10-8-17(4-5-21-10)14(19)11-6-9(15)2-3-12(11)16/h2-3,6,10H,4-5,7-8,16H2,1H3. The highest BCUT2D eigenvalue weighted by atomic mass is 79.9. The zero-order valence-electron chi connectivity index (χ0n) is 11.7.